The number of ether oxygens (including phenoxy) is 1. The van der Waals surface area contributed by atoms with Gasteiger partial charge in [-0.1, -0.05) is 29.8 Å². The molecule has 29 heavy (non-hydrogen) atoms. The topological polar surface area (TPSA) is 75.7 Å². The molecule has 2 aromatic carbocycles. The van der Waals surface area contributed by atoms with E-state index in [4.69, 9.17) is 4.74 Å². The van der Waals surface area contributed by atoms with E-state index in [-0.39, 0.29) is 18.9 Å². The normalized spacial score (nSPS) is 11.2. The highest BCUT2D eigenvalue weighted by Gasteiger charge is 2.19. The van der Waals surface area contributed by atoms with E-state index in [0.717, 1.165) is 22.4 Å². The molecule has 0 radical (unpaired) electrons. The van der Waals surface area contributed by atoms with E-state index in [1.165, 1.54) is 10.6 Å². The second kappa shape index (κ2) is 10.3. The Bertz CT molecular complexity index is 924. The lowest BCUT2D eigenvalue weighted by Gasteiger charge is -2.24. The largest absolute Gasteiger partial charge is 0.492 e. The lowest BCUT2D eigenvalue weighted by Crippen LogP contribution is -2.33. The number of carbonyl (C=O) groups excluding carboxylic acids is 1. The number of nitrogens with zero attached hydrogens (tertiary/aromatic N) is 1. The quantitative estimate of drug-likeness (QED) is 0.601. The van der Waals surface area contributed by atoms with Crippen molar-refractivity contribution in [2.75, 3.05) is 30.3 Å². The fourth-order valence-corrected chi connectivity index (χ4v) is 3.95. The first kappa shape index (κ1) is 22.7. The highest BCUT2D eigenvalue weighted by Crippen LogP contribution is 2.25. The summed E-state index contributed by atoms with van der Waals surface area (Å²) in [5, 5.41) is 2.81. The fourth-order valence-electron chi connectivity index (χ4n) is 2.94. The van der Waals surface area contributed by atoms with Crippen molar-refractivity contribution in [3.63, 3.8) is 0 Å². The first-order valence-corrected chi connectivity index (χ1v) is 11.5. The second-order valence-electron chi connectivity index (χ2n) is 7.17. The van der Waals surface area contributed by atoms with E-state index in [2.05, 4.69) is 5.32 Å². The van der Waals surface area contributed by atoms with Crippen LogP contribution in [0.25, 0.3) is 0 Å². The zero-order chi connectivity index (χ0) is 21.4. The van der Waals surface area contributed by atoms with Gasteiger partial charge in [0.05, 0.1) is 18.5 Å². The Kier molecular flexibility index (Phi) is 8.08. The number of hydrogen-bond donors (Lipinski definition) is 1. The summed E-state index contributed by atoms with van der Waals surface area (Å²) in [4.78, 5) is 12.1. The lowest BCUT2D eigenvalue weighted by molar-refractivity contribution is -0.121. The number of rotatable bonds is 10. The molecule has 0 fully saturated rings. The molecule has 0 heterocycles. The van der Waals surface area contributed by atoms with Crippen LogP contribution < -0.4 is 14.4 Å². The molecule has 0 atom stereocenters. The molecular weight excluding hydrogens is 388 g/mol. The van der Waals surface area contributed by atoms with Crippen molar-refractivity contribution in [3.8, 4) is 5.75 Å². The van der Waals surface area contributed by atoms with Gasteiger partial charge >= 0.3 is 0 Å². The van der Waals surface area contributed by atoms with Crippen molar-refractivity contribution in [2.45, 2.75) is 33.6 Å². The maximum absolute atomic E-state index is 12.2. The third-order valence-corrected chi connectivity index (χ3v) is 5.90. The van der Waals surface area contributed by atoms with Crippen LogP contribution in [-0.4, -0.2) is 40.3 Å². The van der Waals surface area contributed by atoms with Crippen LogP contribution in [0.4, 0.5) is 5.69 Å². The number of benzene rings is 2. The first-order chi connectivity index (χ1) is 13.7. The zero-order valence-electron chi connectivity index (χ0n) is 17.6. The SMILES string of the molecule is Cc1ccc(OCCNC(=O)CCCN(c2cccc(C)c2C)S(C)(=O)=O)cc1. The second-order valence-corrected chi connectivity index (χ2v) is 9.08. The van der Waals surface area contributed by atoms with Crippen LogP contribution in [0.2, 0.25) is 0 Å². The van der Waals surface area contributed by atoms with Gasteiger partial charge in [-0.25, -0.2) is 8.42 Å². The Labute approximate surface area is 173 Å². The van der Waals surface area contributed by atoms with E-state index in [9.17, 15) is 13.2 Å². The molecule has 7 heteroatoms. The van der Waals surface area contributed by atoms with Gasteiger partial charge in [-0.15, -0.1) is 0 Å². The molecule has 1 amide bonds. The maximum atomic E-state index is 12.2. The highest BCUT2D eigenvalue weighted by atomic mass is 32.2. The fraction of sp³-hybridized carbons (Fsp3) is 0.409. The third kappa shape index (κ3) is 7.09. The van der Waals surface area contributed by atoms with Gasteiger partial charge in [0.25, 0.3) is 0 Å². The monoisotopic (exact) mass is 418 g/mol. The molecule has 0 aromatic heterocycles. The lowest BCUT2D eigenvalue weighted by atomic mass is 10.1. The van der Waals surface area contributed by atoms with Crippen LogP contribution in [0.15, 0.2) is 42.5 Å². The average Bonchev–Trinajstić information content (AvgIpc) is 2.65. The summed E-state index contributed by atoms with van der Waals surface area (Å²) in [5.41, 5.74) is 3.78. The molecule has 1 N–H and O–H groups in total. The predicted octanol–water partition coefficient (Wildman–Crippen LogP) is 3.35. The van der Waals surface area contributed by atoms with Crippen molar-refractivity contribution in [1.29, 1.82) is 0 Å². The van der Waals surface area contributed by atoms with Crippen molar-refractivity contribution < 1.29 is 17.9 Å². The van der Waals surface area contributed by atoms with E-state index in [1.54, 1.807) is 6.07 Å². The summed E-state index contributed by atoms with van der Waals surface area (Å²) in [5.74, 6) is 0.647. The van der Waals surface area contributed by atoms with Crippen LogP contribution >= 0.6 is 0 Å². The zero-order valence-corrected chi connectivity index (χ0v) is 18.4. The Morgan fingerprint density at radius 2 is 1.76 bits per heavy atom. The van der Waals surface area contributed by atoms with Crippen LogP contribution in [0.3, 0.4) is 0 Å². The smallest absolute Gasteiger partial charge is 0.232 e. The van der Waals surface area contributed by atoms with Crippen molar-refractivity contribution in [2.24, 2.45) is 0 Å². The molecule has 0 aliphatic heterocycles. The summed E-state index contributed by atoms with van der Waals surface area (Å²) in [6, 6.07) is 13.3. The van der Waals surface area contributed by atoms with Crippen molar-refractivity contribution >= 4 is 21.6 Å². The van der Waals surface area contributed by atoms with Crippen molar-refractivity contribution in [1.82, 2.24) is 5.32 Å². The molecular formula is C22H30N2O4S. The number of hydrogen-bond acceptors (Lipinski definition) is 4. The van der Waals surface area contributed by atoms with Gasteiger partial charge < -0.3 is 10.1 Å². The Hall–Kier alpha value is -2.54. The van der Waals surface area contributed by atoms with Crippen LogP contribution in [0.5, 0.6) is 5.75 Å². The molecule has 0 saturated heterocycles. The minimum absolute atomic E-state index is 0.119. The number of anilines is 1. The molecule has 6 nitrogen and oxygen atoms in total. The van der Waals surface area contributed by atoms with Crippen LogP contribution in [0.1, 0.15) is 29.5 Å². The van der Waals surface area contributed by atoms with Gasteiger partial charge in [0, 0.05) is 13.0 Å². The van der Waals surface area contributed by atoms with E-state index < -0.39 is 10.0 Å². The molecule has 0 spiro atoms. The van der Waals surface area contributed by atoms with Crippen molar-refractivity contribution in [3.05, 3.63) is 59.2 Å². The molecule has 2 aromatic rings. The van der Waals surface area contributed by atoms with Gasteiger partial charge in [-0.3, -0.25) is 9.10 Å². The average molecular weight is 419 g/mol. The molecule has 0 aliphatic carbocycles. The first-order valence-electron chi connectivity index (χ1n) is 9.68. The number of aryl methyl sites for hydroxylation is 2. The Morgan fingerprint density at radius 3 is 2.41 bits per heavy atom. The van der Waals surface area contributed by atoms with Gasteiger partial charge in [0.1, 0.15) is 12.4 Å². The van der Waals surface area contributed by atoms with Gasteiger partial charge in [-0.2, -0.15) is 0 Å². The molecule has 0 unspecified atom stereocenters. The molecule has 2 rings (SSSR count). The standard InChI is InChI=1S/C22H30N2O4S/c1-17-10-12-20(13-11-17)28-16-14-23-22(25)9-6-15-24(29(4,26)27)21-8-5-7-18(2)19(21)3/h5,7-8,10-13H,6,9,14-16H2,1-4H3,(H,23,25). The number of nitrogens with one attached hydrogen (secondary N) is 1. The van der Waals surface area contributed by atoms with E-state index in [1.807, 2.05) is 57.2 Å². The summed E-state index contributed by atoms with van der Waals surface area (Å²) in [6.07, 6.45) is 1.88. The van der Waals surface area contributed by atoms with Crippen LogP contribution in [0, 0.1) is 20.8 Å². The minimum atomic E-state index is -3.43. The summed E-state index contributed by atoms with van der Waals surface area (Å²) < 4.78 is 31.4. The molecule has 0 aliphatic rings. The van der Waals surface area contributed by atoms with Crippen LogP contribution in [-0.2, 0) is 14.8 Å². The summed E-state index contributed by atoms with van der Waals surface area (Å²) >= 11 is 0. The van der Waals surface area contributed by atoms with E-state index in [0.29, 0.717) is 25.3 Å². The predicted molar refractivity (Wildman–Crippen MR) is 117 cm³/mol. The molecule has 0 saturated carbocycles. The highest BCUT2D eigenvalue weighted by molar-refractivity contribution is 7.92. The van der Waals surface area contributed by atoms with Gasteiger partial charge in [0.15, 0.2) is 0 Å². The van der Waals surface area contributed by atoms with E-state index >= 15 is 0 Å². The Morgan fingerprint density at radius 1 is 1.07 bits per heavy atom. The number of amides is 1. The number of sulfonamides is 1. The number of carbonyl (C=O) groups is 1. The molecule has 158 valence electrons. The third-order valence-electron chi connectivity index (χ3n) is 4.72. The van der Waals surface area contributed by atoms with Gasteiger partial charge in [0.2, 0.25) is 15.9 Å². The molecule has 0 bridgehead atoms. The minimum Gasteiger partial charge on any atom is -0.492 e. The summed E-state index contributed by atoms with van der Waals surface area (Å²) in [7, 11) is -3.43. The maximum Gasteiger partial charge on any atom is 0.232 e. The van der Waals surface area contributed by atoms with Gasteiger partial charge in [-0.05, 0) is 56.5 Å². The summed E-state index contributed by atoms with van der Waals surface area (Å²) in [6.45, 7) is 6.91. The Balaban J connectivity index is 1.79.